The van der Waals surface area contributed by atoms with Gasteiger partial charge in [0.2, 0.25) is 0 Å². The van der Waals surface area contributed by atoms with E-state index in [0.717, 1.165) is 64.2 Å². The summed E-state index contributed by atoms with van der Waals surface area (Å²) >= 11 is 7.77. The van der Waals surface area contributed by atoms with Crippen molar-refractivity contribution in [3.8, 4) is 0 Å². The number of rotatable bonds is 5. The Morgan fingerprint density at radius 1 is 1.14 bits per heavy atom. The molecule has 1 aliphatic heterocycles. The van der Waals surface area contributed by atoms with Crippen molar-refractivity contribution in [2.45, 2.75) is 19.9 Å². The summed E-state index contributed by atoms with van der Waals surface area (Å²) in [5.74, 6) is -0.790. The highest BCUT2D eigenvalue weighted by molar-refractivity contribution is 7.22. The van der Waals surface area contributed by atoms with Gasteiger partial charge < -0.3 is 10.0 Å². The molecular formula is C21H22ClN3O2S. The SMILES string of the molecule is Cc1cc(CC(=O)O)cc(CN2CCN(c3nc4ccc(Cl)cc4s3)CC2)c1. The Labute approximate surface area is 173 Å². The van der Waals surface area contributed by atoms with Crippen LogP contribution >= 0.6 is 22.9 Å². The highest BCUT2D eigenvalue weighted by Crippen LogP contribution is 2.31. The fourth-order valence-corrected chi connectivity index (χ4v) is 4.99. The second-order valence-electron chi connectivity index (χ2n) is 7.27. The first-order valence-corrected chi connectivity index (χ1v) is 10.5. The molecule has 0 saturated carbocycles. The Bertz CT molecular complexity index is 1010. The van der Waals surface area contributed by atoms with Crippen LogP contribution < -0.4 is 4.90 Å². The standard InChI is InChI=1S/C21H22ClN3O2S/c1-14-8-15(11-20(26)27)10-16(9-14)13-24-4-6-25(7-5-24)21-23-18-3-2-17(22)12-19(18)28-21/h2-3,8-10,12H,4-7,11,13H2,1H3,(H,26,27). The van der Waals surface area contributed by atoms with Crippen LogP contribution in [0.15, 0.2) is 36.4 Å². The highest BCUT2D eigenvalue weighted by Gasteiger charge is 2.20. The van der Waals surface area contributed by atoms with Gasteiger partial charge in [0, 0.05) is 37.7 Å². The predicted molar refractivity (Wildman–Crippen MR) is 115 cm³/mol. The van der Waals surface area contributed by atoms with Gasteiger partial charge >= 0.3 is 5.97 Å². The smallest absolute Gasteiger partial charge is 0.307 e. The molecule has 1 aliphatic rings. The normalized spacial score (nSPS) is 15.3. The van der Waals surface area contributed by atoms with E-state index in [4.69, 9.17) is 21.7 Å². The van der Waals surface area contributed by atoms with Crippen molar-refractivity contribution >= 4 is 44.3 Å². The van der Waals surface area contributed by atoms with E-state index in [1.807, 2.05) is 37.3 Å². The van der Waals surface area contributed by atoms with E-state index >= 15 is 0 Å². The fraction of sp³-hybridized carbons (Fsp3) is 0.333. The molecule has 146 valence electrons. The maximum Gasteiger partial charge on any atom is 0.307 e. The number of benzene rings is 2. The lowest BCUT2D eigenvalue weighted by Crippen LogP contribution is -2.45. The van der Waals surface area contributed by atoms with Gasteiger partial charge in [0.1, 0.15) is 0 Å². The van der Waals surface area contributed by atoms with Gasteiger partial charge in [0.05, 0.1) is 16.6 Å². The van der Waals surface area contributed by atoms with E-state index in [9.17, 15) is 4.79 Å². The molecule has 1 aromatic heterocycles. The lowest BCUT2D eigenvalue weighted by Gasteiger charge is -2.34. The van der Waals surface area contributed by atoms with Crippen molar-refractivity contribution in [3.63, 3.8) is 0 Å². The molecule has 0 bridgehead atoms. The summed E-state index contributed by atoms with van der Waals surface area (Å²) < 4.78 is 1.12. The topological polar surface area (TPSA) is 56.7 Å². The number of anilines is 1. The van der Waals surface area contributed by atoms with Gasteiger partial charge in [-0.25, -0.2) is 4.98 Å². The Morgan fingerprint density at radius 3 is 2.64 bits per heavy atom. The molecule has 2 heterocycles. The fourth-order valence-electron chi connectivity index (χ4n) is 3.69. The number of thiazole rings is 1. The third-order valence-corrected chi connectivity index (χ3v) is 6.25. The van der Waals surface area contributed by atoms with Crippen LogP contribution in [0.1, 0.15) is 16.7 Å². The number of carbonyl (C=O) groups is 1. The minimum atomic E-state index is -0.790. The third kappa shape index (κ3) is 4.46. The predicted octanol–water partition coefficient (Wildman–Crippen LogP) is 4.21. The van der Waals surface area contributed by atoms with Crippen molar-refractivity contribution in [2.75, 3.05) is 31.1 Å². The molecule has 0 unspecified atom stereocenters. The number of hydrogen-bond acceptors (Lipinski definition) is 5. The van der Waals surface area contributed by atoms with Gasteiger partial charge in [0.15, 0.2) is 5.13 Å². The van der Waals surface area contributed by atoms with Crippen LogP contribution in [0.4, 0.5) is 5.13 Å². The van der Waals surface area contributed by atoms with E-state index in [-0.39, 0.29) is 6.42 Å². The van der Waals surface area contributed by atoms with Crippen LogP contribution in [0.3, 0.4) is 0 Å². The number of aromatic nitrogens is 1. The minimum Gasteiger partial charge on any atom is -0.481 e. The average molecular weight is 416 g/mol. The van der Waals surface area contributed by atoms with Crippen LogP contribution in [-0.4, -0.2) is 47.1 Å². The van der Waals surface area contributed by atoms with Crippen molar-refractivity contribution in [2.24, 2.45) is 0 Å². The molecule has 4 rings (SSSR count). The molecule has 0 atom stereocenters. The molecule has 1 fully saturated rings. The average Bonchev–Trinajstić information content (AvgIpc) is 3.04. The number of piperazine rings is 1. The first kappa shape index (κ1) is 19.2. The van der Waals surface area contributed by atoms with Gasteiger partial charge in [-0.15, -0.1) is 0 Å². The Hall–Kier alpha value is -2.15. The number of carboxylic acid groups (broad SMARTS) is 1. The molecule has 0 aliphatic carbocycles. The lowest BCUT2D eigenvalue weighted by molar-refractivity contribution is -0.136. The lowest BCUT2D eigenvalue weighted by atomic mass is 10.0. The molecule has 3 aromatic rings. The molecule has 28 heavy (non-hydrogen) atoms. The summed E-state index contributed by atoms with van der Waals surface area (Å²) in [5.41, 5.74) is 4.16. The van der Waals surface area contributed by atoms with Crippen LogP contribution in [0.25, 0.3) is 10.2 Å². The van der Waals surface area contributed by atoms with Gasteiger partial charge in [0.25, 0.3) is 0 Å². The summed E-state index contributed by atoms with van der Waals surface area (Å²) in [5, 5.41) is 10.8. The minimum absolute atomic E-state index is 0.0735. The molecule has 0 radical (unpaired) electrons. The zero-order valence-electron chi connectivity index (χ0n) is 15.7. The first-order valence-electron chi connectivity index (χ1n) is 9.31. The van der Waals surface area contributed by atoms with Crippen LogP contribution in [0, 0.1) is 6.92 Å². The number of nitrogens with zero attached hydrogens (tertiary/aromatic N) is 3. The molecular weight excluding hydrogens is 394 g/mol. The largest absolute Gasteiger partial charge is 0.481 e. The number of fused-ring (bicyclic) bond motifs is 1. The number of carboxylic acids is 1. The van der Waals surface area contributed by atoms with Gasteiger partial charge in [-0.2, -0.15) is 0 Å². The molecule has 2 aromatic carbocycles. The quantitative estimate of drug-likeness (QED) is 0.676. The second kappa shape index (κ2) is 8.07. The van der Waals surface area contributed by atoms with E-state index < -0.39 is 5.97 Å². The summed E-state index contributed by atoms with van der Waals surface area (Å²) in [7, 11) is 0. The van der Waals surface area contributed by atoms with E-state index in [1.54, 1.807) is 11.3 Å². The Morgan fingerprint density at radius 2 is 1.89 bits per heavy atom. The number of halogens is 1. The second-order valence-corrected chi connectivity index (χ2v) is 8.71. The highest BCUT2D eigenvalue weighted by atomic mass is 35.5. The summed E-state index contributed by atoms with van der Waals surface area (Å²) in [6, 6.07) is 11.9. The van der Waals surface area contributed by atoms with E-state index in [0.29, 0.717) is 0 Å². The van der Waals surface area contributed by atoms with E-state index in [1.165, 1.54) is 5.56 Å². The van der Waals surface area contributed by atoms with Crippen molar-refractivity contribution in [3.05, 3.63) is 58.1 Å². The monoisotopic (exact) mass is 415 g/mol. The zero-order chi connectivity index (χ0) is 19.7. The first-order chi connectivity index (χ1) is 13.5. The van der Waals surface area contributed by atoms with Gasteiger partial charge in [-0.3, -0.25) is 9.69 Å². The number of hydrogen-bond donors (Lipinski definition) is 1. The maximum absolute atomic E-state index is 11.0. The molecule has 0 spiro atoms. The summed E-state index contributed by atoms with van der Waals surface area (Å²) in [6.07, 6.45) is 0.0735. The maximum atomic E-state index is 11.0. The Balaban J connectivity index is 1.40. The van der Waals surface area contributed by atoms with Crippen LogP contribution in [0.2, 0.25) is 5.02 Å². The molecule has 1 N–H and O–H groups in total. The number of aryl methyl sites for hydroxylation is 1. The zero-order valence-corrected chi connectivity index (χ0v) is 17.3. The summed E-state index contributed by atoms with van der Waals surface area (Å²) in [6.45, 7) is 6.64. The third-order valence-electron chi connectivity index (χ3n) is 4.94. The van der Waals surface area contributed by atoms with E-state index in [2.05, 4.69) is 15.9 Å². The summed E-state index contributed by atoms with van der Waals surface area (Å²) in [4.78, 5) is 20.5. The van der Waals surface area contributed by atoms with Gasteiger partial charge in [-0.05, 0) is 36.2 Å². The van der Waals surface area contributed by atoms with Crippen molar-refractivity contribution < 1.29 is 9.90 Å². The van der Waals surface area contributed by atoms with Gasteiger partial charge in [-0.1, -0.05) is 46.7 Å². The van der Waals surface area contributed by atoms with Crippen LogP contribution in [-0.2, 0) is 17.8 Å². The van der Waals surface area contributed by atoms with Crippen molar-refractivity contribution in [1.82, 2.24) is 9.88 Å². The van der Waals surface area contributed by atoms with Crippen LogP contribution in [0.5, 0.6) is 0 Å². The Kier molecular flexibility index (Phi) is 5.53. The molecule has 7 heteroatoms. The molecule has 1 saturated heterocycles. The number of aliphatic carboxylic acids is 1. The molecule has 5 nitrogen and oxygen atoms in total. The van der Waals surface area contributed by atoms with Crippen molar-refractivity contribution in [1.29, 1.82) is 0 Å². The molecule has 0 amide bonds.